The normalized spacial score (nSPS) is 13.0. The van der Waals surface area contributed by atoms with Crippen LogP contribution in [-0.4, -0.2) is 6.54 Å². The molecule has 1 rings (SSSR count). The van der Waals surface area contributed by atoms with Gasteiger partial charge in [0.2, 0.25) is 0 Å². The van der Waals surface area contributed by atoms with Gasteiger partial charge in [0.15, 0.2) is 0 Å². The monoisotopic (exact) mass is 204 g/mol. The molecule has 2 nitrogen and oxygen atoms in total. The first-order valence-corrected chi connectivity index (χ1v) is 4.31. The van der Waals surface area contributed by atoms with Gasteiger partial charge in [-0.3, -0.25) is 0 Å². The Morgan fingerprint density at radius 3 is 2.42 bits per heavy atom. The van der Waals surface area contributed by atoms with Crippen LogP contribution in [0.4, 0.5) is 0 Å². The zero-order valence-corrected chi connectivity index (χ0v) is 7.94. The van der Waals surface area contributed by atoms with Crippen LogP contribution in [0.25, 0.3) is 0 Å². The Morgan fingerprint density at radius 2 is 1.92 bits per heavy atom. The fourth-order valence-electron chi connectivity index (χ4n) is 0.879. The Kier molecular flexibility index (Phi) is 3.35. The van der Waals surface area contributed by atoms with E-state index in [-0.39, 0.29) is 6.04 Å². The Morgan fingerprint density at radius 1 is 1.25 bits per heavy atom. The lowest BCUT2D eigenvalue weighted by molar-refractivity contribution is 0.737. The molecular formula is C8H10Cl2N2. The molecule has 4 heteroatoms. The predicted molar refractivity (Wildman–Crippen MR) is 52.4 cm³/mol. The summed E-state index contributed by atoms with van der Waals surface area (Å²) in [5.41, 5.74) is 12.0. The Balaban J connectivity index is 2.96. The van der Waals surface area contributed by atoms with E-state index in [0.29, 0.717) is 16.6 Å². The van der Waals surface area contributed by atoms with Crippen molar-refractivity contribution < 1.29 is 0 Å². The minimum absolute atomic E-state index is 0.167. The number of benzene rings is 1. The lowest BCUT2D eigenvalue weighted by Crippen LogP contribution is -2.20. The van der Waals surface area contributed by atoms with Crippen molar-refractivity contribution >= 4 is 23.2 Å². The Labute approximate surface area is 81.4 Å². The fourth-order valence-corrected chi connectivity index (χ4v) is 1.19. The SMILES string of the molecule is NC[C@@H](N)c1ccc(Cl)c(Cl)c1. The van der Waals surface area contributed by atoms with E-state index in [1.54, 1.807) is 12.1 Å². The van der Waals surface area contributed by atoms with Crippen LogP contribution in [0.15, 0.2) is 18.2 Å². The first kappa shape index (κ1) is 9.81. The highest BCUT2D eigenvalue weighted by atomic mass is 35.5. The molecule has 66 valence electrons. The van der Waals surface area contributed by atoms with E-state index in [1.807, 2.05) is 6.07 Å². The van der Waals surface area contributed by atoms with Crippen molar-refractivity contribution in [2.24, 2.45) is 11.5 Å². The third-order valence-corrected chi connectivity index (χ3v) is 2.36. The molecule has 4 N–H and O–H groups in total. The van der Waals surface area contributed by atoms with E-state index in [4.69, 9.17) is 34.7 Å². The quantitative estimate of drug-likeness (QED) is 0.775. The maximum absolute atomic E-state index is 5.79. The molecule has 1 atom stereocenters. The van der Waals surface area contributed by atoms with Crippen molar-refractivity contribution in [2.45, 2.75) is 6.04 Å². The van der Waals surface area contributed by atoms with Crippen LogP contribution < -0.4 is 11.5 Å². The molecule has 0 spiro atoms. The summed E-state index contributed by atoms with van der Waals surface area (Å²) in [6.45, 7) is 0.401. The van der Waals surface area contributed by atoms with E-state index >= 15 is 0 Å². The Bertz CT molecular complexity index is 276. The molecule has 0 bridgehead atoms. The highest BCUT2D eigenvalue weighted by Crippen LogP contribution is 2.24. The summed E-state index contributed by atoms with van der Waals surface area (Å²) in [7, 11) is 0. The molecule has 0 unspecified atom stereocenters. The third-order valence-electron chi connectivity index (χ3n) is 1.63. The number of hydrogen-bond acceptors (Lipinski definition) is 2. The molecular weight excluding hydrogens is 195 g/mol. The van der Waals surface area contributed by atoms with E-state index in [9.17, 15) is 0 Å². The van der Waals surface area contributed by atoms with E-state index in [2.05, 4.69) is 0 Å². The second kappa shape index (κ2) is 4.10. The highest BCUT2D eigenvalue weighted by molar-refractivity contribution is 6.42. The fraction of sp³-hybridized carbons (Fsp3) is 0.250. The minimum atomic E-state index is -0.167. The van der Waals surface area contributed by atoms with Gasteiger partial charge in [0.05, 0.1) is 10.0 Å². The number of rotatable bonds is 2. The average Bonchev–Trinajstić information content (AvgIpc) is 2.08. The van der Waals surface area contributed by atoms with Crippen LogP contribution in [0, 0.1) is 0 Å². The first-order chi connectivity index (χ1) is 5.65. The molecule has 0 fully saturated rings. The zero-order chi connectivity index (χ0) is 9.14. The van der Waals surface area contributed by atoms with Crippen LogP contribution in [0.1, 0.15) is 11.6 Å². The number of nitrogens with two attached hydrogens (primary N) is 2. The molecule has 1 aromatic carbocycles. The van der Waals surface area contributed by atoms with Crippen molar-refractivity contribution in [1.82, 2.24) is 0 Å². The van der Waals surface area contributed by atoms with E-state index in [0.717, 1.165) is 5.56 Å². The molecule has 12 heavy (non-hydrogen) atoms. The summed E-state index contributed by atoms with van der Waals surface area (Å²) in [5, 5.41) is 1.04. The van der Waals surface area contributed by atoms with Crippen LogP contribution in [0.2, 0.25) is 10.0 Å². The summed E-state index contributed by atoms with van der Waals surface area (Å²) in [5.74, 6) is 0. The molecule has 1 aromatic rings. The smallest absolute Gasteiger partial charge is 0.0595 e. The van der Waals surface area contributed by atoms with Gasteiger partial charge in [0, 0.05) is 12.6 Å². The zero-order valence-electron chi connectivity index (χ0n) is 6.43. The topological polar surface area (TPSA) is 52.0 Å². The molecule has 0 aliphatic heterocycles. The first-order valence-electron chi connectivity index (χ1n) is 3.55. The van der Waals surface area contributed by atoms with Gasteiger partial charge in [0.1, 0.15) is 0 Å². The summed E-state index contributed by atoms with van der Waals surface area (Å²) in [4.78, 5) is 0. The molecule has 0 aliphatic carbocycles. The largest absolute Gasteiger partial charge is 0.329 e. The van der Waals surface area contributed by atoms with Crippen molar-refractivity contribution in [3.05, 3.63) is 33.8 Å². The third kappa shape index (κ3) is 2.11. The van der Waals surface area contributed by atoms with Crippen LogP contribution in [-0.2, 0) is 0 Å². The van der Waals surface area contributed by atoms with Gasteiger partial charge in [-0.25, -0.2) is 0 Å². The molecule has 0 aliphatic rings. The van der Waals surface area contributed by atoms with Crippen molar-refractivity contribution in [3.63, 3.8) is 0 Å². The Hall–Kier alpha value is -0.280. The summed E-state index contributed by atoms with van der Waals surface area (Å²) in [6, 6.07) is 5.11. The van der Waals surface area contributed by atoms with Gasteiger partial charge >= 0.3 is 0 Å². The van der Waals surface area contributed by atoms with Gasteiger partial charge < -0.3 is 11.5 Å². The maximum atomic E-state index is 5.79. The minimum Gasteiger partial charge on any atom is -0.329 e. The van der Waals surface area contributed by atoms with Gasteiger partial charge in [0.25, 0.3) is 0 Å². The van der Waals surface area contributed by atoms with E-state index in [1.165, 1.54) is 0 Å². The van der Waals surface area contributed by atoms with Gasteiger partial charge in [-0.05, 0) is 17.7 Å². The summed E-state index contributed by atoms with van der Waals surface area (Å²) in [6.07, 6.45) is 0. The van der Waals surface area contributed by atoms with Gasteiger partial charge in [-0.2, -0.15) is 0 Å². The van der Waals surface area contributed by atoms with Crippen molar-refractivity contribution in [2.75, 3.05) is 6.54 Å². The van der Waals surface area contributed by atoms with Crippen molar-refractivity contribution in [3.8, 4) is 0 Å². The van der Waals surface area contributed by atoms with Crippen molar-refractivity contribution in [1.29, 1.82) is 0 Å². The lowest BCUT2D eigenvalue weighted by Gasteiger charge is -2.09. The molecule has 0 heterocycles. The number of halogens is 2. The second-order valence-electron chi connectivity index (χ2n) is 2.52. The predicted octanol–water partition coefficient (Wildman–Crippen LogP) is 1.95. The van der Waals surface area contributed by atoms with Crippen LogP contribution in [0.3, 0.4) is 0 Å². The summed E-state index contributed by atoms with van der Waals surface area (Å²) >= 11 is 11.5. The van der Waals surface area contributed by atoms with Gasteiger partial charge in [-0.15, -0.1) is 0 Å². The summed E-state index contributed by atoms with van der Waals surface area (Å²) < 4.78 is 0. The molecule has 0 saturated heterocycles. The maximum Gasteiger partial charge on any atom is 0.0595 e. The van der Waals surface area contributed by atoms with E-state index < -0.39 is 0 Å². The highest BCUT2D eigenvalue weighted by Gasteiger charge is 2.05. The molecule has 0 aromatic heterocycles. The van der Waals surface area contributed by atoms with Gasteiger partial charge in [-0.1, -0.05) is 29.3 Å². The molecule has 0 amide bonds. The second-order valence-corrected chi connectivity index (χ2v) is 3.33. The molecule has 0 radical (unpaired) electrons. The average molecular weight is 205 g/mol. The molecule has 0 saturated carbocycles. The van der Waals surface area contributed by atoms with Crippen LogP contribution >= 0.6 is 23.2 Å². The standard InChI is InChI=1S/C8H10Cl2N2/c9-6-2-1-5(3-7(6)10)8(12)4-11/h1-3,8H,4,11-12H2/t8-/m1/s1. The lowest BCUT2D eigenvalue weighted by atomic mass is 10.1. The number of hydrogen-bond donors (Lipinski definition) is 2. The van der Waals surface area contributed by atoms with Crippen LogP contribution in [0.5, 0.6) is 0 Å².